The maximum atomic E-state index is 11.8. The minimum Gasteiger partial charge on any atom is -1.00 e. The normalized spacial score (nSPS) is 12.2. The fraction of sp³-hybridized carbons (Fsp3) is 0.976. The van der Waals surface area contributed by atoms with E-state index in [1.807, 2.05) is 55.5 Å². The average molecular weight is 1420 g/mol. The van der Waals surface area contributed by atoms with Crippen LogP contribution in [0.2, 0.25) is 0 Å². The molecular formula is C83H194ClN9O4. The van der Waals surface area contributed by atoms with Crippen LogP contribution in [0.25, 0.3) is 0 Å². The van der Waals surface area contributed by atoms with Crippen molar-refractivity contribution in [3.05, 3.63) is 0 Å². The number of nitrogens with one attached hydrogen (secondary N) is 2. The van der Waals surface area contributed by atoms with Crippen LogP contribution in [-0.2, 0) is 9.47 Å². The molecule has 0 aliphatic carbocycles. The molecule has 0 atom stereocenters. The monoisotopic (exact) mass is 1420 g/mol. The van der Waals surface area contributed by atoms with E-state index < -0.39 is 11.2 Å². The predicted molar refractivity (Wildman–Crippen MR) is 441 cm³/mol. The Morgan fingerprint density at radius 2 is 0.701 bits per heavy atom. The van der Waals surface area contributed by atoms with Crippen molar-refractivity contribution >= 4 is 12.2 Å². The number of hydrogen-bond donors (Lipinski definition) is 4. The van der Waals surface area contributed by atoms with Crippen LogP contribution in [0.15, 0.2) is 0 Å². The second-order valence-electron chi connectivity index (χ2n) is 42.3. The van der Waals surface area contributed by atoms with Gasteiger partial charge < -0.3 is 68.1 Å². The Morgan fingerprint density at radius 3 is 0.814 bits per heavy atom. The summed E-state index contributed by atoms with van der Waals surface area (Å²) in [7, 11) is 14.3. The molecule has 0 heterocycles. The van der Waals surface area contributed by atoms with Gasteiger partial charge in [0.1, 0.15) is 11.2 Å². The number of quaternary nitrogens is 1. The van der Waals surface area contributed by atoms with Crippen molar-refractivity contribution in [1.82, 2.24) is 35.1 Å². The fourth-order valence-electron chi connectivity index (χ4n) is 7.50. The number of nitrogens with zero attached hydrogens (tertiary/aromatic N) is 5. The topological polar surface area (TPSA) is 135 Å². The summed E-state index contributed by atoms with van der Waals surface area (Å²) in [6, 6.07) is 0. The van der Waals surface area contributed by atoms with Gasteiger partial charge in [0.2, 0.25) is 0 Å². The first-order chi connectivity index (χ1) is 41.7. The van der Waals surface area contributed by atoms with Gasteiger partial charge in [0, 0.05) is 51.7 Å². The van der Waals surface area contributed by atoms with Crippen molar-refractivity contribution in [3.8, 4) is 0 Å². The Hall–Kier alpha value is -1.45. The molecule has 6 N–H and O–H groups in total. The van der Waals surface area contributed by atoms with Gasteiger partial charge in [-0.1, -0.05) is 269 Å². The highest BCUT2D eigenvalue weighted by Gasteiger charge is 2.26. The van der Waals surface area contributed by atoms with Crippen LogP contribution in [0.3, 0.4) is 0 Å². The zero-order valence-electron chi connectivity index (χ0n) is 77.2. The van der Waals surface area contributed by atoms with Crippen LogP contribution in [0.1, 0.15) is 331 Å². The molecule has 0 aromatic rings. The quantitative estimate of drug-likeness (QED) is 0.141. The zero-order valence-corrected chi connectivity index (χ0v) is 78.0. The molecule has 0 radical (unpaired) electrons. The zero-order chi connectivity index (χ0) is 80.4. The predicted octanol–water partition coefficient (Wildman–Crippen LogP) is 18.1. The van der Waals surface area contributed by atoms with E-state index in [2.05, 4.69) is 329 Å². The summed E-state index contributed by atoms with van der Waals surface area (Å²) in [5.41, 5.74) is 8.82. The van der Waals surface area contributed by atoms with E-state index in [9.17, 15) is 9.59 Å². The summed E-state index contributed by atoms with van der Waals surface area (Å²) in [4.78, 5) is 33.4. The van der Waals surface area contributed by atoms with E-state index in [4.69, 9.17) is 15.2 Å². The van der Waals surface area contributed by atoms with E-state index in [-0.39, 0.29) is 35.4 Å². The van der Waals surface area contributed by atoms with Crippen molar-refractivity contribution < 1.29 is 36.8 Å². The van der Waals surface area contributed by atoms with Crippen molar-refractivity contribution in [2.45, 2.75) is 342 Å². The Morgan fingerprint density at radius 1 is 0.392 bits per heavy atom. The summed E-state index contributed by atoms with van der Waals surface area (Å²) in [6.07, 6.45) is 3.44. The lowest BCUT2D eigenvalue weighted by Crippen LogP contribution is -3.00. The molecule has 0 spiro atoms. The molecule has 0 aromatic carbocycles. The van der Waals surface area contributed by atoms with Crippen molar-refractivity contribution in [2.75, 3.05) is 134 Å². The lowest BCUT2D eigenvalue weighted by molar-refractivity contribution is -0.661. The van der Waals surface area contributed by atoms with E-state index in [1.54, 1.807) is 16.8 Å². The van der Waals surface area contributed by atoms with Crippen LogP contribution in [0, 0.1) is 59.6 Å². The minimum atomic E-state index is -0.414. The number of carbonyl (C=O) groups excluding carboxylic acids is 2. The van der Waals surface area contributed by atoms with Crippen LogP contribution in [0.4, 0.5) is 9.59 Å². The summed E-state index contributed by atoms with van der Waals surface area (Å²) in [5, 5.41) is 8.73. The first-order valence-electron chi connectivity index (χ1n) is 37.5. The van der Waals surface area contributed by atoms with Gasteiger partial charge in [-0.05, 0) is 191 Å². The highest BCUT2D eigenvalue weighted by atomic mass is 35.5. The molecule has 2 amide bonds. The maximum absolute atomic E-state index is 11.8. The Balaban J connectivity index is -0.0000000830. The lowest BCUT2D eigenvalue weighted by Gasteiger charge is -2.31. The van der Waals surface area contributed by atoms with Gasteiger partial charge in [-0.25, -0.2) is 9.59 Å². The number of halogens is 1. The highest BCUT2D eigenvalue weighted by molar-refractivity contribution is 5.68. The van der Waals surface area contributed by atoms with Crippen LogP contribution in [0.5, 0.6) is 0 Å². The molecule has 0 saturated carbocycles. The molecule has 0 unspecified atom stereocenters. The molecule has 0 rings (SSSR count). The van der Waals surface area contributed by atoms with Gasteiger partial charge in [0.05, 0.1) is 13.1 Å². The fourth-order valence-corrected chi connectivity index (χ4v) is 7.50. The molecule has 14 heteroatoms. The Bertz CT molecular complexity index is 1630. The number of hydrogen-bond acceptors (Lipinski definition) is 10. The molecule has 0 bridgehead atoms. The molecular weight excluding hydrogens is 1220 g/mol. The van der Waals surface area contributed by atoms with Crippen molar-refractivity contribution in [1.29, 1.82) is 0 Å². The van der Waals surface area contributed by atoms with Crippen LogP contribution in [-0.4, -0.2) is 182 Å². The van der Waals surface area contributed by atoms with E-state index in [0.29, 0.717) is 61.8 Å². The first kappa shape index (κ1) is 122. The number of nitrogens with two attached hydrogens (primary N) is 2. The number of ether oxygens (including phenoxy) is 2. The molecule has 0 saturated heterocycles. The SMILES string of the molecule is CC(C)(C)CN.CCC(C)(C)C.CCCC(C)(C)C.CCN(C)CC(C)(C)C.CCN(CC(C)(C)C)C(=O)OC(C)(C)C.CCNCC(C)(C)C.CC[NH2+]CC(C)(C)C.CN(C)CC(C)(C)C.CN(C)CC(C)(C)C.CN(CC(C)(C)C)C(=O)OC(C)(C)C.CNCC(C)(C)C.[Cl-]. The molecule has 0 aliphatic rings. The van der Waals surface area contributed by atoms with Crippen LogP contribution < -0.4 is 34.1 Å². The number of carbonyl (C=O) groups is 2. The lowest BCUT2D eigenvalue weighted by atomic mass is 9.91. The maximum Gasteiger partial charge on any atom is 0.410 e. The van der Waals surface area contributed by atoms with E-state index >= 15 is 0 Å². The summed E-state index contributed by atoms with van der Waals surface area (Å²) < 4.78 is 10.6. The molecule has 0 aromatic heterocycles. The largest absolute Gasteiger partial charge is 1.00 e. The summed E-state index contributed by atoms with van der Waals surface area (Å²) in [5.74, 6) is 0. The molecule has 13 nitrogen and oxygen atoms in total. The minimum absolute atomic E-state index is 0. The molecule has 0 fully saturated rings. The van der Waals surface area contributed by atoms with Gasteiger partial charge in [-0.3, -0.25) is 0 Å². The standard InChI is InChI=1S/C12H25NO2.C11H23NO2.C8H19N.4C7H17N.C7H16.C6H15N.C6H14.C5H13N.ClH/c1-8-13(9-11(2,3)4)10(14)15-12(5,6)7;1-10(2,3)8-12(7)9(13)14-11(4,5)6;1-6-9(5)7-8(2,3)4;2*1-7(2,3)6-8(4)5;2*1-5-8-6-7(2,3)4;1-5-6-7(2,3)4;1-6(2,3)5-7-4;1-5-6(2,3)4;1-5(2,3)4-6;/h8-9H2,1-7H3;8H2,1-7H3;6-7H2,1-5H3;2*6H2,1-5H3;2*8H,5-6H2,1-4H3;5-6H2,1-4H3;7H,5H2,1-4H3;5H2,1-4H3;4,6H2,1-3H3;1H. The Labute approximate surface area is 622 Å². The van der Waals surface area contributed by atoms with E-state index in [0.717, 1.165) is 52.4 Å². The van der Waals surface area contributed by atoms with Gasteiger partial charge >= 0.3 is 12.2 Å². The first-order valence-corrected chi connectivity index (χ1v) is 37.5. The van der Waals surface area contributed by atoms with Crippen molar-refractivity contribution in [3.63, 3.8) is 0 Å². The number of amides is 2. The van der Waals surface area contributed by atoms with Crippen molar-refractivity contribution in [2.24, 2.45) is 65.3 Å². The molecule has 97 heavy (non-hydrogen) atoms. The summed E-state index contributed by atoms with van der Waals surface area (Å²) in [6.45, 7) is 110. The average Bonchev–Trinajstić information content (AvgIpc) is 2.83. The van der Waals surface area contributed by atoms with Gasteiger partial charge in [-0.15, -0.1) is 0 Å². The summed E-state index contributed by atoms with van der Waals surface area (Å²) >= 11 is 0. The third-order valence-corrected chi connectivity index (χ3v) is 11.3. The van der Waals surface area contributed by atoms with Gasteiger partial charge in [-0.2, -0.15) is 0 Å². The smallest absolute Gasteiger partial charge is 0.410 e. The van der Waals surface area contributed by atoms with Gasteiger partial charge in [0.15, 0.2) is 0 Å². The second-order valence-corrected chi connectivity index (χ2v) is 42.3. The Kier molecular flexibility index (Phi) is 74.3. The molecule has 0 aliphatic heterocycles. The third-order valence-electron chi connectivity index (χ3n) is 11.3. The number of rotatable bonds is 13. The molecule has 602 valence electrons. The third kappa shape index (κ3) is 167. The van der Waals surface area contributed by atoms with Gasteiger partial charge in [0.25, 0.3) is 0 Å². The van der Waals surface area contributed by atoms with Crippen LogP contribution >= 0.6 is 0 Å². The highest BCUT2D eigenvalue weighted by Crippen LogP contribution is 2.22. The second kappa shape index (κ2) is 58.9. The van der Waals surface area contributed by atoms with E-state index in [1.165, 1.54) is 38.9 Å².